The number of unbranched alkanes of at least 4 members (excludes halogenated alkanes) is 10. The summed E-state index contributed by atoms with van der Waals surface area (Å²) in [6.45, 7) is 3.89. The molecule has 0 spiro atoms. The zero-order valence-electron chi connectivity index (χ0n) is 16.4. The number of aliphatic hydroxyl groups excluding tert-OH is 1. The highest BCUT2D eigenvalue weighted by Crippen LogP contribution is 2.19. The third kappa shape index (κ3) is 13.3. The number of ether oxygens (including phenoxy) is 1. The first kappa shape index (κ1) is 22.4. The predicted octanol–water partition coefficient (Wildman–Crippen LogP) is 4.73. The lowest BCUT2D eigenvalue weighted by Gasteiger charge is -2.32. The molecule has 4 nitrogen and oxygen atoms in total. The monoisotopic (exact) mass is 355 g/mol. The Kier molecular flexibility index (Phi) is 14.0. The van der Waals surface area contributed by atoms with Crippen molar-refractivity contribution < 1.29 is 14.6 Å². The molecule has 0 atom stereocenters. The standard InChI is InChI=1S/C21H41NO3/c1-2-3-4-5-6-10-13-16-25-21(24)14-11-8-7-9-12-15-22-19-17-20(23)18-19/h19-20,22-23H,2-18H2,1H3. The molecular formula is C21H41NO3. The van der Waals surface area contributed by atoms with Crippen LogP contribution in [-0.2, 0) is 9.53 Å². The van der Waals surface area contributed by atoms with Crippen LogP contribution in [0.15, 0.2) is 0 Å². The van der Waals surface area contributed by atoms with Crippen molar-refractivity contribution in [1.82, 2.24) is 5.32 Å². The van der Waals surface area contributed by atoms with Gasteiger partial charge < -0.3 is 15.2 Å². The Bertz CT molecular complexity index is 316. The van der Waals surface area contributed by atoms with Crippen molar-refractivity contribution in [2.45, 2.75) is 115 Å². The van der Waals surface area contributed by atoms with Crippen LogP contribution in [0.2, 0.25) is 0 Å². The molecule has 4 heteroatoms. The third-order valence-electron chi connectivity index (χ3n) is 5.11. The van der Waals surface area contributed by atoms with Crippen LogP contribution in [0, 0.1) is 0 Å². The van der Waals surface area contributed by atoms with Crippen LogP contribution in [0.5, 0.6) is 0 Å². The Labute approximate surface area is 155 Å². The second-order valence-corrected chi connectivity index (χ2v) is 7.64. The molecule has 1 saturated carbocycles. The lowest BCUT2D eigenvalue weighted by atomic mass is 9.89. The van der Waals surface area contributed by atoms with Gasteiger partial charge in [-0.05, 0) is 38.6 Å². The summed E-state index contributed by atoms with van der Waals surface area (Å²) in [5.41, 5.74) is 0. The van der Waals surface area contributed by atoms with E-state index < -0.39 is 0 Å². The van der Waals surface area contributed by atoms with Crippen molar-refractivity contribution in [2.24, 2.45) is 0 Å². The molecule has 0 aliphatic heterocycles. The minimum absolute atomic E-state index is 0.0174. The van der Waals surface area contributed by atoms with Gasteiger partial charge in [-0.25, -0.2) is 0 Å². The third-order valence-corrected chi connectivity index (χ3v) is 5.11. The van der Waals surface area contributed by atoms with E-state index in [1.807, 2.05) is 0 Å². The maximum absolute atomic E-state index is 11.6. The summed E-state index contributed by atoms with van der Waals surface area (Å²) in [5.74, 6) is -0.0174. The second-order valence-electron chi connectivity index (χ2n) is 7.64. The average Bonchev–Trinajstić information content (AvgIpc) is 2.57. The van der Waals surface area contributed by atoms with Crippen LogP contribution >= 0.6 is 0 Å². The van der Waals surface area contributed by atoms with Gasteiger partial charge in [-0.15, -0.1) is 0 Å². The van der Waals surface area contributed by atoms with Crippen LogP contribution in [0.1, 0.15) is 103 Å². The fraction of sp³-hybridized carbons (Fsp3) is 0.952. The molecule has 0 saturated heterocycles. The molecular weight excluding hydrogens is 314 g/mol. The Morgan fingerprint density at radius 1 is 0.920 bits per heavy atom. The number of esters is 1. The van der Waals surface area contributed by atoms with Crippen LogP contribution < -0.4 is 5.32 Å². The van der Waals surface area contributed by atoms with Gasteiger partial charge >= 0.3 is 5.97 Å². The molecule has 0 unspecified atom stereocenters. The summed E-state index contributed by atoms with van der Waals surface area (Å²) >= 11 is 0. The summed E-state index contributed by atoms with van der Waals surface area (Å²) in [6, 6.07) is 0.543. The fourth-order valence-electron chi connectivity index (χ4n) is 3.30. The van der Waals surface area contributed by atoms with E-state index in [0.717, 1.165) is 38.6 Å². The smallest absolute Gasteiger partial charge is 0.305 e. The largest absolute Gasteiger partial charge is 0.466 e. The van der Waals surface area contributed by atoms with Crippen molar-refractivity contribution in [3.8, 4) is 0 Å². The molecule has 0 bridgehead atoms. The van der Waals surface area contributed by atoms with Crippen molar-refractivity contribution in [3.05, 3.63) is 0 Å². The van der Waals surface area contributed by atoms with Gasteiger partial charge in [-0.3, -0.25) is 4.79 Å². The second kappa shape index (κ2) is 15.6. The van der Waals surface area contributed by atoms with E-state index in [1.54, 1.807) is 0 Å². The Balaban J connectivity index is 1.72. The maximum atomic E-state index is 11.6. The zero-order chi connectivity index (χ0) is 18.2. The number of carbonyl (C=O) groups excluding carboxylic acids is 1. The molecule has 0 aromatic rings. The van der Waals surface area contributed by atoms with Gasteiger partial charge in [0, 0.05) is 12.5 Å². The van der Waals surface area contributed by atoms with Crippen molar-refractivity contribution in [3.63, 3.8) is 0 Å². The highest BCUT2D eigenvalue weighted by Gasteiger charge is 2.25. The van der Waals surface area contributed by atoms with Crippen molar-refractivity contribution >= 4 is 5.97 Å². The topological polar surface area (TPSA) is 58.6 Å². The summed E-state index contributed by atoms with van der Waals surface area (Å²) in [7, 11) is 0. The normalized spacial score (nSPS) is 19.6. The van der Waals surface area contributed by atoms with Gasteiger partial charge in [-0.2, -0.15) is 0 Å². The average molecular weight is 356 g/mol. The van der Waals surface area contributed by atoms with Gasteiger partial charge in [-0.1, -0.05) is 64.7 Å². The first-order valence-corrected chi connectivity index (χ1v) is 10.8. The SMILES string of the molecule is CCCCCCCCCOC(=O)CCCCCCCNC1CC(O)C1. The molecule has 25 heavy (non-hydrogen) atoms. The number of carbonyl (C=O) groups is 1. The number of hydrogen-bond donors (Lipinski definition) is 2. The minimum Gasteiger partial charge on any atom is -0.466 e. The molecule has 0 aromatic heterocycles. The quantitative estimate of drug-likeness (QED) is 0.292. The van der Waals surface area contributed by atoms with E-state index in [9.17, 15) is 9.90 Å². The van der Waals surface area contributed by atoms with Gasteiger partial charge in [0.25, 0.3) is 0 Å². The van der Waals surface area contributed by atoms with Gasteiger partial charge in [0.1, 0.15) is 0 Å². The van der Waals surface area contributed by atoms with E-state index >= 15 is 0 Å². The maximum Gasteiger partial charge on any atom is 0.305 e. The summed E-state index contributed by atoms with van der Waals surface area (Å²) < 4.78 is 5.30. The Hall–Kier alpha value is -0.610. The van der Waals surface area contributed by atoms with Gasteiger partial charge in [0.05, 0.1) is 12.7 Å². The lowest BCUT2D eigenvalue weighted by Crippen LogP contribution is -2.44. The van der Waals surface area contributed by atoms with Crippen molar-refractivity contribution in [1.29, 1.82) is 0 Å². The molecule has 1 aliphatic carbocycles. The van der Waals surface area contributed by atoms with Crippen molar-refractivity contribution in [2.75, 3.05) is 13.2 Å². The molecule has 1 rings (SSSR count). The highest BCUT2D eigenvalue weighted by atomic mass is 16.5. The number of aliphatic hydroxyl groups is 1. The van der Waals surface area contributed by atoms with Gasteiger partial charge in [0.2, 0.25) is 0 Å². The minimum atomic E-state index is -0.0666. The first-order valence-electron chi connectivity index (χ1n) is 10.8. The molecule has 0 radical (unpaired) electrons. The summed E-state index contributed by atoms with van der Waals surface area (Å²) in [5, 5.41) is 12.7. The Morgan fingerprint density at radius 2 is 1.52 bits per heavy atom. The number of hydrogen-bond acceptors (Lipinski definition) is 4. The molecule has 148 valence electrons. The molecule has 2 N–H and O–H groups in total. The van der Waals surface area contributed by atoms with E-state index in [1.165, 1.54) is 57.8 Å². The van der Waals surface area contributed by atoms with Crippen LogP contribution in [0.4, 0.5) is 0 Å². The molecule has 1 fully saturated rings. The van der Waals surface area contributed by atoms with Crippen LogP contribution in [-0.4, -0.2) is 36.4 Å². The zero-order valence-corrected chi connectivity index (χ0v) is 16.4. The van der Waals surface area contributed by atoms with E-state index in [4.69, 9.17) is 4.74 Å². The van der Waals surface area contributed by atoms with E-state index in [-0.39, 0.29) is 12.1 Å². The number of nitrogens with one attached hydrogen (secondary N) is 1. The highest BCUT2D eigenvalue weighted by molar-refractivity contribution is 5.69. The molecule has 0 heterocycles. The van der Waals surface area contributed by atoms with E-state index in [2.05, 4.69) is 12.2 Å². The fourth-order valence-corrected chi connectivity index (χ4v) is 3.30. The number of rotatable bonds is 17. The summed E-state index contributed by atoms with van der Waals surface area (Å²) in [6.07, 6.45) is 16.8. The van der Waals surface area contributed by atoms with E-state index in [0.29, 0.717) is 19.1 Å². The van der Waals surface area contributed by atoms with Crippen LogP contribution in [0.3, 0.4) is 0 Å². The summed E-state index contributed by atoms with van der Waals surface area (Å²) in [4.78, 5) is 11.6. The van der Waals surface area contributed by atoms with Crippen LogP contribution in [0.25, 0.3) is 0 Å². The molecule has 1 aliphatic rings. The molecule has 0 amide bonds. The predicted molar refractivity (Wildman–Crippen MR) is 104 cm³/mol. The lowest BCUT2D eigenvalue weighted by molar-refractivity contribution is -0.143. The first-order chi connectivity index (χ1) is 12.2. The molecule has 0 aromatic carbocycles. The Morgan fingerprint density at radius 3 is 2.20 bits per heavy atom. The van der Waals surface area contributed by atoms with Gasteiger partial charge in [0.15, 0.2) is 0 Å².